The molecular formula is C23H19FN4O6S2. The molecule has 0 fully saturated rings. The fraction of sp³-hybridized carbons (Fsp3) is 0.174. The molecule has 2 aliphatic rings. The number of hydrazone groups is 1. The van der Waals surface area contributed by atoms with Crippen molar-refractivity contribution in [1.29, 1.82) is 5.41 Å². The Morgan fingerprint density at radius 2 is 1.94 bits per heavy atom. The minimum absolute atomic E-state index is 0.0143. The molecule has 0 bridgehead atoms. The standard InChI is InChI=1S/C23H19FN4O6S2/c1-3-33-18-12-13(9-10-17(18)34-21(30)14-7-5-6-8-16(14)24)11-15-19(25)28-22(26-20(15)29)35-23(27-28)36(31,32)4-2/h5-12,25H,3-4H2,1-2H3/b15-11+,25-19?. The molecule has 0 aromatic heterocycles. The second-order valence-electron chi connectivity index (χ2n) is 7.30. The van der Waals surface area contributed by atoms with Crippen LogP contribution >= 0.6 is 11.8 Å². The van der Waals surface area contributed by atoms with Gasteiger partial charge < -0.3 is 9.47 Å². The largest absolute Gasteiger partial charge is 0.490 e. The summed E-state index contributed by atoms with van der Waals surface area (Å²) in [6, 6.07) is 9.80. The second kappa shape index (κ2) is 10.0. The maximum atomic E-state index is 13.9. The predicted molar refractivity (Wildman–Crippen MR) is 133 cm³/mol. The highest BCUT2D eigenvalue weighted by Crippen LogP contribution is 2.33. The summed E-state index contributed by atoms with van der Waals surface area (Å²) in [5.41, 5.74) is 0.0412. The highest BCUT2D eigenvalue weighted by molar-refractivity contribution is 8.42. The molecule has 4 rings (SSSR count). The lowest BCUT2D eigenvalue weighted by atomic mass is 10.1. The molecule has 0 saturated heterocycles. The van der Waals surface area contributed by atoms with Crippen molar-refractivity contribution in [2.24, 2.45) is 10.1 Å². The lowest BCUT2D eigenvalue weighted by Crippen LogP contribution is -2.35. The number of hydrogen-bond donors (Lipinski definition) is 1. The van der Waals surface area contributed by atoms with Crippen molar-refractivity contribution in [3.05, 3.63) is 65.0 Å². The lowest BCUT2D eigenvalue weighted by Gasteiger charge is -2.20. The molecule has 0 saturated carbocycles. The first-order valence-corrected chi connectivity index (χ1v) is 13.1. The molecule has 13 heteroatoms. The third-order valence-corrected chi connectivity index (χ3v) is 8.05. The van der Waals surface area contributed by atoms with E-state index in [-0.39, 0.29) is 50.4 Å². The summed E-state index contributed by atoms with van der Waals surface area (Å²) in [5.74, 6) is -2.71. The zero-order valence-electron chi connectivity index (χ0n) is 19.0. The SMILES string of the molecule is CCOc1cc(/C=C2\C(=N)N3N=C(S(=O)(=O)CC)SC3=NC2=O)ccc1OC(=O)c1ccccc1F. The van der Waals surface area contributed by atoms with Crippen molar-refractivity contribution in [3.8, 4) is 11.5 Å². The maximum Gasteiger partial charge on any atom is 0.346 e. The number of carbonyl (C=O) groups excluding carboxylic acids is 2. The number of ether oxygens (including phenoxy) is 2. The molecule has 1 N–H and O–H groups in total. The van der Waals surface area contributed by atoms with Crippen LogP contribution in [0.15, 0.2) is 58.1 Å². The Balaban J connectivity index is 1.63. The first kappa shape index (κ1) is 25.3. The maximum absolute atomic E-state index is 13.9. The van der Waals surface area contributed by atoms with Gasteiger partial charge in [0.25, 0.3) is 5.91 Å². The monoisotopic (exact) mass is 530 g/mol. The number of halogens is 1. The van der Waals surface area contributed by atoms with Gasteiger partial charge in [0.05, 0.1) is 23.5 Å². The first-order chi connectivity index (χ1) is 17.1. The van der Waals surface area contributed by atoms with Crippen LogP contribution in [-0.2, 0) is 14.6 Å². The summed E-state index contributed by atoms with van der Waals surface area (Å²) in [7, 11) is -3.64. The van der Waals surface area contributed by atoms with Crippen LogP contribution in [0.1, 0.15) is 29.8 Å². The third-order valence-electron chi connectivity index (χ3n) is 4.96. The second-order valence-corrected chi connectivity index (χ2v) is 10.7. The molecule has 0 aliphatic carbocycles. The number of carbonyl (C=O) groups is 2. The molecule has 36 heavy (non-hydrogen) atoms. The van der Waals surface area contributed by atoms with Gasteiger partial charge in [-0.25, -0.2) is 17.6 Å². The van der Waals surface area contributed by atoms with Crippen LogP contribution in [0.3, 0.4) is 0 Å². The normalized spacial score (nSPS) is 16.5. The summed E-state index contributed by atoms with van der Waals surface area (Å²) >= 11 is 0.712. The number of benzene rings is 2. The summed E-state index contributed by atoms with van der Waals surface area (Å²) in [6.07, 6.45) is 1.36. The van der Waals surface area contributed by atoms with Gasteiger partial charge >= 0.3 is 5.97 Å². The summed E-state index contributed by atoms with van der Waals surface area (Å²) in [6.45, 7) is 3.41. The van der Waals surface area contributed by atoms with Crippen LogP contribution in [-0.4, -0.2) is 53.0 Å². The number of hydrogen-bond acceptors (Lipinski definition) is 9. The van der Waals surface area contributed by atoms with Crippen molar-refractivity contribution in [3.63, 3.8) is 0 Å². The molecule has 2 aliphatic heterocycles. The number of amidine groups is 2. The molecule has 0 radical (unpaired) electrons. The van der Waals surface area contributed by atoms with Gasteiger partial charge in [-0.05, 0) is 54.6 Å². The minimum Gasteiger partial charge on any atom is -0.490 e. The number of rotatable bonds is 6. The Morgan fingerprint density at radius 3 is 2.64 bits per heavy atom. The van der Waals surface area contributed by atoms with Crippen LogP contribution in [0, 0.1) is 11.2 Å². The number of aliphatic imine (C=N–C) groups is 1. The molecule has 0 spiro atoms. The van der Waals surface area contributed by atoms with Gasteiger partial charge in [0.1, 0.15) is 5.82 Å². The summed E-state index contributed by atoms with van der Waals surface area (Å²) in [4.78, 5) is 28.9. The smallest absolute Gasteiger partial charge is 0.346 e. The minimum atomic E-state index is -3.64. The first-order valence-electron chi connectivity index (χ1n) is 10.6. The molecule has 2 aromatic carbocycles. The van der Waals surface area contributed by atoms with E-state index < -0.39 is 27.5 Å². The van der Waals surface area contributed by atoms with Gasteiger partial charge in [-0.2, -0.15) is 10.0 Å². The number of nitrogens with zero attached hydrogens (tertiary/aromatic N) is 3. The van der Waals surface area contributed by atoms with E-state index in [9.17, 15) is 22.4 Å². The van der Waals surface area contributed by atoms with Crippen molar-refractivity contribution in [2.75, 3.05) is 12.4 Å². The Hall–Kier alpha value is -3.84. The van der Waals surface area contributed by atoms with Gasteiger partial charge in [-0.15, -0.1) is 5.10 Å². The van der Waals surface area contributed by atoms with Crippen LogP contribution < -0.4 is 9.47 Å². The number of fused-ring (bicyclic) bond motifs is 1. The molecule has 2 heterocycles. The third kappa shape index (κ3) is 4.93. The van der Waals surface area contributed by atoms with E-state index in [2.05, 4.69) is 10.1 Å². The van der Waals surface area contributed by atoms with E-state index >= 15 is 0 Å². The van der Waals surface area contributed by atoms with E-state index in [4.69, 9.17) is 14.9 Å². The summed E-state index contributed by atoms with van der Waals surface area (Å²) in [5, 5.41) is 13.3. The van der Waals surface area contributed by atoms with E-state index in [0.717, 1.165) is 11.1 Å². The van der Waals surface area contributed by atoms with E-state index in [1.165, 1.54) is 49.4 Å². The van der Waals surface area contributed by atoms with Crippen molar-refractivity contribution >= 4 is 54.9 Å². The number of nitrogens with one attached hydrogen (secondary N) is 1. The van der Waals surface area contributed by atoms with Crippen LogP contribution in [0.25, 0.3) is 6.08 Å². The topological polar surface area (TPSA) is 139 Å². The number of sulfone groups is 1. The summed E-state index contributed by atoms with van der Waals surface area (Å²) < 4.78 is 48.9. The highest BCUT2D eigenvalue weighted by Gasteiger charge is 2.39. The van der Waals surface area contributed by atoms with Crippen LogP contribution in [0.5, 0.6) is 11.5 Å². The average molecular weight is 531 g/mol. The molecular weight excluding hydrogens is 511 g/mol. The molecule has 0 atom stereocenters. The zero-order valence-corrected chi connectivity index (χ0v) is 20.7. The highest BCUT2D eigenvalue weighted by atomic mass is 32.3. The number of thioether (sulfide) groups is 1. The Morgan fingerprint density at radius 1 is 1.19 bits per heavy atom. The van der Waals surface area contributed by atoms with E-state index in [0.29, 0.717) is 17.3 Å². The van der Waals surface area contributed by atoms with E-state index in [1.54, 1.807) is 6.92 Å². The Bertz CT molecular complexity index is 1480. The Kier molecular flexibility index (Phi) is 7.04. The van der Waals surface area contributed by atoms with Gasteiger partial charge in [-0.3, -0.25) is 10.2 Å². The van der Waals surface area contributed by atoms with Crippen molar-refractivity contribution in [2.45, 2.75) is 13.8 Å². The molecule has 1 amide bonds. The van der Waals surface area contributed by atoms with E-state index in [1.807, 2.05) is 0 Å². The van der Waals surface area contributed by atoms with Gasteiger partial charge in [0.15, 0.2) is 17.3 Å². The van der Waals surface area contributed by atoms with Crippen LogP contribution in [0.2, 0.25) is 0 Å². The predicted octanol–water partition coefficient (Wildman–Crippen LogP) is 3.45. The number of esters is 1. The van der Waals surface area contributed by atoms with Gasteiger partial charge in [0.2, 0.25) is 19.4 Å². The Labute approximate surface area is 209 Å². The van der Waals surface area contributed by atoms with Crippen molar-refractivity contribution in [1.82, 2.24) is 5.01 Å². The fourth-order valence-electron chi connectivity index (χ4n) is 3.14. The molecule has 10 nitrogen and oxygen atoms in total. The lowest BCUT2D eigenvalue weighted by molar-refractivity contribution is -0.114. The van der Waals surface area contributed by atoms with Gasteiger partial charge in [0, 0.05) is 0 Å². The zero-order chi connectivity index (χ0) is 26.0. The molecule has 186 valence electrons. The van der Waals surface area contributed by atoms with Crippen LogP contribution in [0.4, 0.5) is 4.39 Å². The average Bonchev–Trinajstić information content (AvgIpc) is 3.29. The fourth-order valence-corrected chi connectivity index (χ4v) is 5.30. The quantitative estimate of drug-likeness (QED) is 0.340. The van der Waals surface area contributed by atoms with Crippen molar-refractivity contribution < 1.29 is 31.9 Å². The molecule has 2 aromatic rings. The van der Waals surface area contributed by atoms with Gasteiger partial charge in [-0.1, -0.05) is 25.1 Å². The molecule has 0 unspecified atom stereocenters. The number of amides is 1.